The quantitative estimate of drug-likeness (QED) is 0.728. The molecular formula is C11H16Te. The predicted molar refractivity (Wildman–Crippen MR) is 56.5 cm³/mol. The van der Waals surface area contributed by atoms with Crippen LogP contribution in [0.15, 0.2) is 18.2 Å². The number of rotatable bonds is 2. The molecule has 0 N–H and O–H groups in total. The van der Waals surface area contributed by atoms with Gasteiger partial charge < -0.3 is 0 Å². The van der Waals surface area contributed by atoms with Crippen molar-refractivity contribution in [2.24, 2.45) is 0 Å². The van der Waals surface area contributed by atoms with Crippen molar-refractivity contribution in [1.29, 1.82) is 0 Å². The SMILES string of the molecule is C[Te]c1c(C)cccc1C(C)C. The maximum absolute atomic E-state index is 2.36. The van der Waals surface area contributed by atoms with Crippen LogP contribution in [0, 0.1) is 6.92 Å². The number of aryl methyl sites for hydroxylation is 1. The first-order chi connectivity index (χ1) is 5.66. The third-order valence-electron chi connectivity index (χ3n) is 2.07. The fourth-order valence-corrected chi connectivity index (χ4v) is 4.06. The summed E-state index contributed by atoms with van der Waals surface area (Å²) in [7, 11) is 0. The average molecular weight is 276 g/mol. The minimum atomic E-state index is 0.0650. The van der Waals surface area contributed by atoms with Crippen molar-refractivity contribution < 1.29 is 0 Å². The van der Waals surface area contributed by atoms with Crippen molar-refractivity contribution >= 4 is 24.5 Å². The van der Waals surface area contributed by atoms with Crippen LogP contribution in [0.3, 0.4) is 0 Å². The molecule has 0 aliphatic rings. The molecule has 0 spiro atoms. The Kier molecular flexibility index (Phi) is 3.62. The topological polar surface area (TPSA) is 0 Å². The summed E-state index contributed by atoms with van der Waals surface area (Å²) in [4.78, 5) is 2.36. The summed E-state index contributed by atoms with van der Waals surface area (Å²) in [6.07, 6.45) is 0. The molecule has 0 aliphatic carbocycles. The Labute approximate surface area is 85.5 Å². The van der Waals surface area contributed by atoms with Gasteiger partial charge in [-0.3, -0.25) is 0 Å². The summed E-state index contributed by atoms with van der Waals surface area (Å²) in [5, 5.41) is 0. The van der Waals surface area contributed by atoms with Crippen LogP contribution in [-0.2, 0) is 0 Å². The van der Waals surface area contributed by atoms with Crippen LogP contribution < -0.4 is 3.61 Å². The molecule has 0 aromatic heterocycles. The van der Waals surface area contributed by atoms with Gasteiger partial charge in [-0.2, -0.15) is 0 Å². The maximum atomic E-state index is 2.36. The van der Waals surface area contributed by atoms with Crippen molar-refractivity contribution in [2.75, 3.05) is 0 Å². The summed E-state index contributed by atoms with van der Waals surface area (Å²) >= 11 is 0.0650. The Bertz CT molecular complexity index is 264. The standard InChI is InChI=1S/C11H16Te/c1-8(2)10-7-5-6-9(3)11(10)12-4/h5-8H,1-4H3. The van der Waals surface area contributed by atoms with Gasteiger partial charge in [0.15, 0.2) is 0 Å². The Morgan fingerprint density at radius 2 is 1.92 bits per heavy atom. The first kappa shape index (κ1) is 10.1. The normalized spacial score (nSPS) is 10.8. The minimum absolute atomic E-state index is 0.0650. The molecule has 0 saturated heterocycles. The second-order valence-corrected chi connectivity index (χ2v) is 5.68. The Balaban J connectivity index is 3.18. The molecule has 0 heterocycles. The van der Waals surface area contributed by atoms with E-state index in [0.717, 1.165) is 0 Å². The summed E-state index contributed by atoms with van der Waals surface area (Å²) in [5.41, 5.74) is 3.06. The van der Waals surface area contributed by atoms with Crippen LogP contribution >= 0.6 is 0 Å². The van der Waals surface area contributed by atoms with E-state index in [4.69, 9.17) is 0 Å². The average Bonchev–Trinajstić information content (AvgIpc) is 2.03. The van der Waals surface area contributed by atoms with Gasteiger partial charge >= 0.3 is 85.5 Å². The van der Waals surface area contributed by atoms with Crippen molar-refractivity contribution in [3.05, 3.63) is 29.3 Å². The van der Waals surface area contributed by atoms with Gasteiger partial charge in [-0.05, 0) is 0 Å². The molecule has 12 heavy (non-hydrogen) atoms. The van der Waals surface area contributed by atoms with E-state index in [9.17, 15) is 0 Å². The molecule has 0 unspecified atom stereocenters. The molecule has 1 heteroatoms. The third-order valence-corrected chi connectivity index (χ3v) is 4.83. The molecule has 0 bridgehead atoms. The van der Waals surface area contributed by atoms with Crippen LogP contribution in [-0.4, -0.2) is 20.9 Å². The first-order valence-electron chi connectivity index (χ1n) is 4.30. The molecule has 0 atom stereocenters. The molecule has 0 amide bonds. The van der Waals surface area contributed by atoms with Gasteiger partial charge in [0, 0.05) is 0 Å². The van der Waals surface area contributed by atoms with Gasteiger partial charge in [0.2, 0.25) is 0 Å². The molecule has 0 nitrogen and oxygen atoms in total. The fraction of sp³-hybridized carbons (Fsp3) is 0.455. The van der Waals surface area contributed by atoms with Crippen molar-refractivity contribution in [3.8, 4) is 0 Å². The van der Waals surface area contributed by atoms with Crippen LogP contribution in [0.2, 0.25) is 4.97 Å². The van der Waals surface area contributed by atoms with Crippen LogP contribution in [0.1, 0.15) is 30.9 Å². The molecular weight excluding hydrogens is 260 g/mol. The van der Waals surface area contributed by atoms with Crippen LogP contribution in [0.5, 0.6) is 0 Å². The zero-order valence-corrected chi connectivity index (χ0v) is 10.5. The molecule has 0 saturated carbocycles. The van der Waals surface area contributed by atoms with Gasteiger partial charge in [0.1, 0.15) is 0 Å². The van der Waals surface area contributed by atoms with Crippen molar-refractivity contribution in [3.63, 3.8) is 0 Å². The number of hydrogen-bond donors (Lipinski definition) is 0. The van der Waals surface area contributed by atoms with Crippen molar-refractivity contribution in [1.82, 2.24) is 0 Å². The number of hydrogen-bond acceptors (Lipinski definition) is 0. The zero-order chi connectivity index (χ0) is 9.14. The van der Waals surface area contributed by atoms with Crippen molar-refractivity contribution in [2.45, 2.75) is 31.7 Å². The second kappa shape index (κ2) is 4.30. The second-order valence-electron chi connectivity index (χ2n) is 3.35. The van der Waals surface area contributed by atoms with Gasteiger partial charge in [-0.1, -0.05) is 0 Å². The Morgan fingerprint density at radius 3 is 2.33 bits per heavy atom. The van der Waals surface area contributed by atoms with Gasteiger partial charge in [-0.25, -0.2) is 0 Å². The molecule has 0 aliphatic heterocycles. The molecule has 0 fully saturated rings. The van der Waals surface area contributed by atoms with E-state index in [-0.39, 0.29) is 20.9 Å². The van der Waals surface area contributed by atoms with Crippen LogP contribution in [0.4, 0.5) is 0 Å². The van der Waals surface area contributed by atoms with E-state index in [1.807, 2.05) is 0 Å². The van der Waals surface area contributed by atoms with E-state index >= 15 is 0 Å². The van der Waals surface area contributed by atoms with E-state index in [2.05, 4.69) is 43.9 Å². The molecule has 1 rings (SSSR count). The predicted octanol–water partition coefficient (Wildman–Crippen LogP) is 2.50. The van der Waals surface area contributed by atoms with Gasteiger partial charge in [0.25, 0.3) is 0 Å². The summed E-state index contributed by atoms with van der Waals surface area (Å²) in [5.74, 6) is 0.685. The summed E-state index contributed by atoms with van der Waals surface area (Å²) < 4.78 is 1.66. The molecule has 1 aromatic carbocycles. The monoisotopic (exact) mass is 278 g/mol. The molecule has 1 aromatic rings. The first-order valence-corrected chi connectivity index (χ1v) is 7.80. The Morgan fingerprint density at radius 1 is 1.25 bits per heavy atom. The molecule has 0 radical (unpaired) electrons. The Hall–Kier alpha value is 0.00961. The van der Waals surface area contributed by atoms with Gasteiger partial charge in [0.05, 0.1) is 0 Å². The van der Waals surface area contributed by atoms with E-state index in [0.29, 0.717) is 5.92 Å². The third kappa shape index (κ3) is 2.03. The van der Waals surface area contributed by atoms with Crippen LogP contribution in [0.25, 0.3) is 0 Å². The summed E-state index contributed by atoms with van der Waals surface area (Å²) in [6.45, 7) is 6.79. The van der Waals surface area contributed by atoms with Gasteiger partial charge in [-0.15, -0.1) is 0 Å². The van der Waals surface area contributed by atoms with E-state index in [1.165, 1.54) is 5.56 Å². The van der Waals surface area contributed by atoms with E-state index < -0.39 is 0 Å². The summed E-state index contributed by atoms with van der Waals surface area (Å²) in [6, 6.07) is 6.69. The fourth-order valence-electron chi connectivity index (χ4n) is 1.41. The van der Waals surface area contributed by atoms with E-state index in [1.54, 1.807) is 9.17 Å². The zero-order valence-electron chi connectivity index (χ0n) is 8.22. The number of benzene rings is 1. The molecule has 66 valence electrons.